The van der Waals surface area contributed by atoms with Crippen LogP contribution in [0.1, 0.15) is 22.8 Å². The van der Waals surface area contributed by atoms with Gasteiger partial charge < -0.3 is 10.5 Å². The Hall–Kier alpha value is -2.54. The zero-order chi connectivity index (χ0) is 17.0. The Morgan fingerprint density at radius 1 is 1.22 bits per heavy atom. The highest BCUT2D eigenvalue weighted by Gasteiger charge is 2.18. The summed E-state index contributed by atoms with van der Waals surface area (Å²) in [4.78, 5) is 11.3. The summed E-state index contributed by atoms with van der Waals surface area (Å²) >= 11 is 0. The van der Waals surface area contributed by atoms with E-state index in [1.807, 2.05) is 6.92 Å². The molecule has 122 valence electrons. The van der Waals surface area contributed by atoms with Crippen LogP contribution >= 0.6 is 0 Å². The van der Waals surface area contributed by atoms with Gasteiger partial charge in [0, 0.05) is 5.56 Å². The Morgan fingerprint density at radius 3 is 2.57 bits per heavy atom. The molecule has 0 heterocycles. The van der Waals surface area contributed by atoms with Crippen LogP contribution in [0, 0.1) is 6.92 Å². The SMILES string of the molecule is CCOc1ccccc1NS(=O)(=O)c1ccc(C)c(C(N)=O)c1. The smallest absolute Gasteiger partial charge is 0.262 e. The number of anilines is 1. The molecule has 0 saturated carbocycles. The summed E-state index contributed by atoms with van der Waals surface area (Å²) in [6, 6.07) is 11.0. The molecule has 0 aromatic heterocycles. The first-order chi connectivity index (χ1) is 10.8. The maximum absolute atomic E-state index is 12.5. The number of aryl methyl sites for hydroxylation is 1. The van der Waals surface area contributed by atoms with Gasteiger partial charge in [-0.05, 0) is 43.7 Å². The van der Waals surface area contributed by atoms with Crippen LogP contribution in [0.15, 0.2) is 47.4 Å². The molecule has 0 fully saturated rings. The van der Waals surface area contributed by atoms with Crippen molar-refractivity contribution in [1.82, 2.24) is 0 Å². The first kappa shape index (κ1) is 16.8. The van der Waals surface area contributed by atoms with Gasteiger partial charge in [0.2, 0.25) is 5.91 Å². The number of para-hydroxylation sites is 2. The third-order valence-electron chi connectivity index (χ3n) is 3.22. The number of carbonyl (C=O) groups is 1. The second-order valence-corrected chi connectivity index (χ2v) is 6.56. The summed E-state index contributed by atoms with van der Waals surface area (Å²) in [5, 5.41) is 0. The number of primary amides is 1. The van der Waals surface area contributed by atoms with Crippen molar-refractivity contribution in [2.45, 2.75) is 18.7 Å². The quantitative estimate of drug-likeness (QED) is 0.846. The number of sulfonamides is 1. The van der Waals surface area contributed by atoms with Gasteiger partial charge in [0.25, 0.3) is 10.0 Å². The van der Waals surface area contributed by atoms with Crippen molar-refractivity contribution < 1.29 is 17.9 Å². The van der Waals surface area contributed by atoms with E-state index in [0.717, 1.165) is 0 Å². The number of benzene rings is 2. The van der Waals surface area contributed by atoms with Crippen LogP contribution in [0.3, 0.4) is 0 Å². The van der Waals surface area contributed by atoms with Crippen molar-refractivity contribution >= 4 is 21.6 Å². The molecular weight excluding hydrogens is 316 g/mol. The van der Waals surface area contributed by atoms with E-state index in [1.165, 1.54) is 12.1 Å². The molecule has 0 aliphatic carbocycles. The van der Waals surface area contributed by atoms with Gasteiger partial charge in [0.05, 0.1) is 17.2 Å². The number of amides is 1. The van der Waals surface area contributed by atoms with Crippen LogP contribution in [0.2, 0.25) is 0 Å². The number of nitrogens with one attached hydrogen (secondary N) is 1. The Labute approximate surface area is 135 Å². The van der Waals surface area contributed by atoms with Crippen LogP contribution < -0.4 is 15.2 Å². The molecule has 0 aliphatic heterocycles. The highest BCUT2D eigenvalue weighted by molar-refractivity contribution is 7.92. The Morgan fingerprint density at radius 2 is 1.91 bits per heavy atom. The first-order valence-corrected chi connectivity index (χ1v) is 8.48. The molecule has 7 heteroatoms. The molecule has 0 saturated heterocycles. The van der Waals surface area contributed by atoms with Gasteiger partial charge in [-0.1, -0.05) is 18.2 Å². The lowest BCUT2D eigenvalue weighted by molar-refractivity contribution is 0.0999. The summed E-state index contributed by atoms with van der Waals surface area (Å²) in [5.74, 6) is -0.241. The minimum absolute atomic E-state index is 0.0387. The zero-order valence-electron chi connectivity index (χ0n) is 12.9. The van der Waals surface area contributed by atoms with Crippen LogP contribution in [0.5, 0.6) is 5.75 Å². The molecule has 0 unspecified atom stereocenters. The highest BCUT2D eigenvalue weighted by atomic mass is 32.2. The van der Waals surface area contributed by atoms with Gasteiger partial charge in [-0.3, -0.25) is 9.52 Å². The summed E-state index contributed by atoms with van der Waals surface area (Å²) in [6.07, 6.45) is 0. The van der Waals surface area contributed by atoms with Gasteiger partial charge in [-0.15, -0.1) is 0 Å². The molecular formula is C16H18N2O4S. The van der Waals surface area contributed by atoms with E-state index in [-0.39, 0.29) is 10.5 Å². The average molecular weight is 334 g/mol. The third kappa shape index (κ3) is 3.81. The van der Waals surface area contributed by atoms with Gasteiger partial charge in [0.15, 0.2) is 0 Å². The van der Waals surface area contributed by atoms with E-state index < -0.39 is 15.9 Å². The standard InChI is InChI=1S/C16H18N2O4S/c1-3-22-15-7-5-4-6-14(15)18-23(20,21)12-9-8-11(2)13(10-12)16(17)19/h4-10,18H,3H2,1-2H3,(H2,17,19). The number of hydrogen-bond donors (Lipinski definition) is 2. The van der Waals surface area contributed by atoms with Gasteiger partial charge in [-0.2, -0.15) is 0 Å². The topological polar surface area (TPSA) is 98.5 Å². The monoisotopic (exact) mass is 334 g/mol. The molecule has 2 rings (SSSR count). The van der Waals surface area contributed by atoms with Crippen LogP contribution in [-0.2, 0) is 10.0 Å². The molecule has 0 bridgehead atoms. The predicted octanol–water partition coefficient (Wildman–Crippen LogP) is 2.29. The van der Waals surface area contributed by atoms with Crippen molar-refractivity contribution in [1.29, 1.82) is 0 Å². The molecule has 6 nitrogen and oxygen atoms in total. The number of hydrogen-bond acceptors (Lipinski definition) is 4. The number of ether oxygens (including phenoxy) is 1. The molecule has 3 N–H and O–H groups in total. The molecule has 0 radical (unpaired) electrons. The molecule has 0 atom stereocenters. The van der Waals surface area contributed by atoms with E-state index in [1.54, 1.807) is 37.3 Å². The first-order valence-electron chi connectivity index (χ1n) is 7.00. The van der Waals surface area contributed by atoms with E-state index in [0.29, 0.717) is 23.6 Å². The second kappa shape index (κ2) is 6.70. The Bertz CT molecular complexity index is 832. The largest absolute Gasteiger partial charge is 0.492 e. The van der Waals surface area contributed by atoms with E-state index in [4.69, 9.17) is 10.5 Å². The van der Waals surface area contributed by atoms with Crippen LogP contribution in [0.25, 0.3) is 0 Å². The third-order valence-corrected chi connectivity index (χ3v) is 4.58. The molecule has 1 amide bonds. The lowest BCUT2D eigenvalue weighted by atomic mass is 10.1. The number of nitrogens with two attached hydrogens (primary N) is 1. The number of carbonyl (C=O) groups excluding carboxylic acids is 1. The lowest BCUT2D eigenvalue weighted by Crippen LogP contribution is -2.17. The second-order valence-electron chi connectivity index (χ2n) is 4.88. The molecule has 0 spiro atoms. The van der Waals surface area contributed by atoms with Crippen molar-refractivity contribution in [2.75, 3.05) is 11.3 Å². The maximum atomic E-state index is 12.5. The van der Waals surface area contributed by atoms with E-state index in [2.05, 4.69) is 4.72 Å². The van der Waals surface area contributed by atoms with Gasteiger partial charge >= 0.3 is 0 Å². The summed E-state index contributed by atoms with van der Waals surface area (Å²) in [7, 11) is -3.86. The fraction of sp³-hybridized carbons (Fsp3) is 0.188. The van der Waals surface area contributed by atoms with Crippen LogP contribution in [-0.4, -0.2) is 20.9 Å². The number of rotatable bonds is 6. The minimum atomic E-state index is -3.86. The predicted molar refractivity (Wildman–Crippen MR) is 88.1 cm³/mol. The lowest BCUT2D eigenvalue weighted by Gasteiger charge is -2.13. The molecule has 23 heavy (non-hydrogen) atoms. The average Bonchev–Trinajstić information content (AvgIpc) is 2.49. The van der Waals surface area contributed by atoms with Crippen molar-refractivity contribution in [3.8, 4) is 5.75 Å². The maximum Gasteiger partial charge on any atom is 0.262 e. The van der Waals surface area contributed by atoms with E-state index >= 15 is 0 Å². The zero-order valence-corrected chi connectivity index (χ0v) is 13.7. The normalized spacial score (nSPS) is 11.0. The van der Waals surface area contributed by atoms with Gasteiger partial charge in [0.1, 0.15) is 5.75 Å². The van der Waals surface area contributed by atoms with Crippen molar-refractivity contribution in [3.63, 3.8) is 0 Å². The van der Waals surface area contributed by atoms with Crippen molar-refractivity contribution in [3.05, 3.63) is 53.6 Å². The summed E-state index contributed by atoms with van der Waals surface area (Å²) < 4.78 is 32.9. The van der Waals surface area contributed by atoms with Crippen molar-refractivity contribution in [2.24, 2.45) is 5.73 Å². The fourth-order valence-electron chi connectivity index (χ4n) is 2.07. The summed E-state index contributed by atoms with van der Waals surface area (Å²) in [5.41, 5.74) is 6.39. The molecule has 2 aromatic rings. The summed E-state index contributed by atoms with van der Waals surface area (Å²) in [6.45, 7) is 3.91. The molecule has 0 aliphatic rings. The molecule has 2 aromatic carbocycles. The fourth-order valence-corrected chi connectivity index (χ4v) is 3.17. The minimum Gasteiger partial charge on any atom is -0.492 e. The van der Waals surface area contributed by atoms with Crippen LogP contribution in [0.4, 0.5) is 5.69 Å². The Kier molecular flexibility index (Phi) is 4.90. The Balaban J connectivity index is 2.40. The van der Waals surface area contributed by atoms with Gasteiger partial charge in [-0.25, -0.2) is 8.42 Å². The van der Waals surface area contributed by atoms with E-state index in [9.17, 15) is 13.2 Å². The highest BCUT2D eigenvalue weighted by Crippen LogP contribution is 2.27.